The zero-order valence-electron chi connectivity index (χ0n) is 10.7. The Balaban J connectivity index is 2.49. The van der Waals surface area contributed by atoms with Gasteiger partial charge in [0.1, 0.15) is 0 Å². The van der Waals surface area contributed by atoms with Crippen LogP contribution in [-0.2, 0) is 16.1 Å². The lowest BCUT2D eigenvalue weighted by Crippen LogP contribution is -2.11. The number of benzene rings is 1. The van der Waals surface area contributed by atoms with Crippen LogP contribution in [0.4, 0.5) is 0 Å². The standard InChI is InChI=1S/C13H18ClNO2S/c1-3-15-9-10-4-5-12(11(14)8-10)18-7-6-13(16)17-2/h4-5,8,15H,3,6-7,9H2,1-2H3. The molecule has 0 aliphatic heterocycles. The van der Waals surface area contributed by atoms with Crippen LogP contribution in [0, 0.1) is 0 Å². The number of carbonyl (C=O) groups is 1. The number of ether oxygens (including phenoxy) is 1. The summed E-state index contributed by atoms with van der Waals surface area (Å²) >= 11 is 7.76. The van der Waals surface area contributed by atoms with Crippen molar-refractivity contribution in [2.24, 2.45) is 0 Å². The van der Waals surface area contributed by atoms with Gasteiger partial charge in [-0.05, 0) is 24.2 Å². The first kappa shape index (κ1) is 15.3. The maximum atomic E-state index is 11.0. The van der Waals surface area contributed by atoms with Crippen molar-refractivity contribution in [3.63, 3.8) is 0 Å². The second-order valence-electron chi connectivity index (χ2n) is 3.72. The van der Waals surface area contributed by atoms with E-state index < -0.39 is 0 Å². The number of halogens is 1. The van der Waals surface area contributed by atoms with E-state index in [2.05, 4.69) is 23.0 Å². The van der Waals surface area contributed by atoms with Crippen molar-refractivity contribution in [2.75, 3.05) is 19.4 Å². The molecule has 0 saturated heterocycles. The molecule has 0 saturated carbocycles. The third-order valence-electron chi connectivity index (χ3n) is 2.37. The quantitative estimate of drug-likeness (QED) is 0.618. The molecule has 0 aliphatic carbocycles. The first-order chi connectivity index (χ1) is 8.67. The molecule has 1 rings (SSSR count). The van der Waals surface area contributed by atoms with Crippen molar-refractivity contribution >= 4 is 29.3 Å². The highest BCUT2D eigenvalue weighted by Gasteiger charge is 2.05. The Morgan fingerprint density at radius 3 is 2.89 bits per heavy atom. The molecule has 0 atom stereocenters. The van der Waals surface area contributed by atoms with E-state index in [0.29, 0.717) is 12.2 Å². The molecule has 0 radical (unpaired) electrons. The largest absolute Gasteiger partial charge is 0.469 e. The van der Waals surface area contributed by atoms with Gasteiger partial charge in [0, 0.05) is 17.2 Å². The topological polar surface area (TPSA) is 38.3 Å². The van der Waals surface area contributed by atoms with Gasteiger partial charge in [-0.25, -0.2) is 0 Å². The molecule has 3 nitrogen and oxygen atoms in total. The van der Waals surface area contributed by atoms with E-state index in [1.807, 2.05) is 12.1 Å². The molecule has 1 N–H and O–H groups in total. The van der Waals surface area contributed by atoms with E-state index >= 15 is 0 Å². The van der Waals surface area contributed by atoms with Gasteiger partial charge in [0.05, 0.1) is 18.6 Å². The summed E-state index contributed by atoms with van der Waals surface area (Å²) in [6.07, 6.45) is 0.399. The first-order valence-corrected chi connectivity index (χ1v) is 7.22. The van der Waals surface area contributed by atoms with Gasteiger partial charge < -0.3 is 10.1 Å². The van der Waals surface area contributed by atoms with E-state index in [4.69, 9.17) is 11.6 Å². The van der Waals surface area contributed by atoms with Crippen molar-refractivity contribution < 1.29 is 9.53 Å². The fourth-order valence-corrected chi connectivity index (χ4v) is 2.60. The van der Waals surface area contributed by atoms with Crippen molar-refractivity contribution in [3.8, 4) is 0 Å². The van der Waals surface area contributed by atoms with E-state index in [1.54, 1.807) is 11.8 Å². The molecule has 0 heterocycles. The van der Waals surface area contributed by atoms with Crippen molar-refractivity contribution in [3.05, 3.63) is 28.8 Å². The van der Waals surface area contributed by atoms with Crippen LogP contribution in [0.5, 0.6) is 0 Å². The highest BCUT2D eigenvalue weighted by Crippen LogP contribution is 2.28. The predicted molar refractivity (Wildman–Crippen MR) is 76.2 cm³/mol. The summed E-state index contributed by atoms with van der Waals surface area (Å²) in [6, 6.07) is 6.01. The van der Waals surface area contributed by atoms with Crippen molar-refractivity contribution in [1.29, 1.82) is 0 Å². The van der Waals surface area contributed by atoms with E-state index in [9.17, 15) is 4.79 Å². The summed E-state index contributed by atoms with van der Waals surface area (Å²) in [5, 5.41) is 3.99. The molecule has 5 heteroatoms. The Morgan fingerprint density at radius 2 is 2.28 bits per heavy atom. The van der Waals surface area contributed by atoms with Gasteiger partial charge in [-0.3, -0.25) is 4.79 Å². The zero-order chi connectivity index (χ0) is 13.4. The second kappa shape index (κ2) is 8.40. The molecule has 0 unspecified atom stereocenters. The van der Waals surface area contributed by atoms with Crippen LogP contribution in [0.2, 0.25) is 5.02 Å². The fraction of sp³-hybridized carbons (Fsp3) is 0.462. The Labute approximate surface area is 117 Å². The molecule has 100 valence electrons. The fourth-order valence-electron chi connectivity index (χ4n) is 1.39. The van der Waals surface area contributed by atoms with Gasteiger partial charge in [0.15, 0.2) is 0 Å². The number of hydrogen-bond donors (Lipinski definition) is 1. The van der Waals surface area contributed by atoms with Crippen LogP contribution in [-0.4, -0.2) is 25.4 Å². The summed E-state index contributed by atoms with van der Waals surface area (Å²) < 4.78 is 4.59. The van der Waals surface area contributed by atoms with E-state index in [0.717, 1.165) is 23.0 Å². The zero-order valence-corrected chi connectivity index (χ0v) is 12.2. The van der Waals surface area contributed by atoms with Gasteiger partial charge in [0.25, 0.3) is 0 Å². The molecule has 0 amide bonds. The number of hydrogen-bond acceptors (Lipinski definition) is 4. The molecule has 1 aromatic carbocycles. The molecule has 0 fully saturated rings. The maximum absolute atomic E-state index is 11.0. The average molecular weight is 288 g/mol. The smallest absolute Gasteiger partial charge is 0.306 e. The molecule has 0 aromatic heterocycles. The number of rotatable bonds is 7. The summed E-state index contributed by atoms with van der Waals surface area (Å²) in [4.78, 5) is 12.0. The van der Waals surface area contributed by atoms with Crippen molar-refractivity contribution in [2.45, 2.75) is 24.8 Å². The number of nitrogens with one attached hydrogen (secondary N) is 1. The molecule has 0 spiro atoms. The molecule has 18 heavy (non-hydrogen) atoms. The lowest BCUT2D eigenvalue weighted by atomic mass is 10.2. The summed E-state index contributed by atoms with van der Waals surface area (Å²) in [7, 11) is 1.40. The van der Waals surface area contributed by atoms with Gasteiger partial charge >= 0.3 is 5.97 Å². The van der Waals surface area contributed by atoms with Gasteiger partial charge in [-0.1, -0.05) is 24.6 Å². The van der Waals surface area contributed by atoms with Gasteiger partial charge in [-0.15, -0.1) is 11.8 Å². The Hall–Kier alpha value is -0.710. The summed E-state index contributed by atoms with van der Waals surface area (Å²) in [5.74, 6) is 0.487. The first-order valence-electron chi connectivity index (χ1n) is 5.86. The average Bonchev–Trinajstić information content (AvgIpc) is 2.38. The van der Waals surface area contributed by atoms with Gasteiger partial charge in [-0.2, -0.15) is 0 Å². The molecular weight excluding hydrogens is 270 g/mol. The van der Waals surface area contributed by atoms with Crippen molar-refractivity contribution in [1.82, 2.24) is 5.32 Å². The van der Waals surface area contributed by atoms with Crippen LogP contribution in [0.1, 0.15) is 18.9 Å². The highest BCUT2D eigenvalue weighted by molar-refractivity contribution is 7.99. The van der Waals surface area contributed by atoms with Gasteiger partial charge in [0.2, 0.25) is 0 Å². The predicted octanol–water partition coefficient (Wildman–Crippen LogP) is 3.10. The van der Waals surface area contributed by atoms with E-state index in [1.165, 1.54) is 12.7 Å². The van der Waals surface area contributed by atoms with Crippen LogP contribution in [0.15, 0.2) is 23.1 Å². The summed E-state index contributed by atoms with van der Waals surface area (Å²) in [5.41, 5.74) is 1.17. The normalized spacial score (nSPS) is 10.4. The lowest BCUT2D eigenvalue weighted by Gasteiger charge is -2.07. The third kappa shape index (κ3) is 5.29. The lowest BCUT2D eigenvalue weighted by molar-refractivity contribution is -0.140. The number of thioether (sulfide) groups is 1. The molecular formula is C13H18ClNO2S. The minimum Gasteiger partial charge on any atom is -0.469 e. The Morgan fingerprint density at radius 1 is 1.50 bits per heavy atom. The number of carbonyl (C=O) groups excluding carboxylic acids is 1. The molecule has 0 bridgehead atoms. The minimum absolute atomic E-state index is 0.192. The van der Waals surface area contributed by atoms with Crippen LogP contribution in [0.3, 0.4) is 0 Å². The highest BCUT2D eigenvalue weighted by atomic mass is 35.5. The molecule has 0 aliphatic rings. The molecule has 1 aromatic rings. The minimum atomic E-state index is -0.192. The van der Waals surface area contributed by atoms with Crippen LogP contribution >= 0.6 is 23.4 Å². The van der Waals surface area contributed by atoms with Crippen LogP contribution < -0.4 is 5.32 Å². The number of esters is 1. The second-order valence-corrected chi connectivity index (χ2v) is 5.26. The third-order valence-corrected chi connectivity index (χ3v) is 3.87. The monoisotopic (exact) mass is 287 g/mol. The Kier molecular flexibility index (Phi) is 7.16. The Bertz CT molecular complexity index is 399. The summed E-state index contributed by atoms with van der Waals surface area (Å²) in [6.45, 7) is 3.83. The SMILES string of the molecule is CCNCc1ccc(SCCC(=O)OC)c(Cl)c1. The maximum Gasteiger partial charge on any atom is 0.306 e. The van der Waals surface area contributed by atoms with E-state index in [-0.39, 0.29) is 5.97 Å². The number of methoxy groups -OCH3 is 1. The van der Waals surface area contributed by atoms with Crippen LogP contribution in [0.25, 0.3) is 0 Å².